The maximum atomic E-state index is 13.5. The van der Waals surface area contributed by atoms with Crippen LogP contribution in [0.25, 0.3) is 0 Å². The lowest BCUT2D eigenvalue weighted by Gasteiger charge is -2.39. The minimum Gasteiger partial charge on any atom is -0.351 e. The van der Waals surface area contributed by atoms with Crippen molar-refractivity contribution in [3.8, 4) is 0 Å². The van der Waals surface area contributed by atoms with E-state index in [9.17, 15) is 18.0 Å². The van der Waals surface area contributed by atoms with Crippen molar-refractivity contribution in [1.29, 1.82) is 0 Å². The van der Waals surface area contributed by atoms with Gasteiger partial charge in [-0.05, 0) is 49.4 Å². The molecule has 0 bridgehead atoms. The fraction of sp³-hybridized carbons (Fsp3) is 0.500. The Kier molecular flexibility index (Phi) is 4.98. The Morgan fingerprint density at radius 1 is 1.00 bits per heavy atom. The summed E-state index contributed by atoms with van der Waals surface area (Å²) in [6.07, 6.45) is 4.46. The molecule has 1 aliphatic heterocycles. The Hall–Kier alpha value is -2.24. The third-order valence-electron chi connectivity index (χ3n) is 6.41. The van der Waals surface area contributed by atoms with Gasteiger partial charge < -0.3 is 9.47 Å². The zero-order valence-electron chi connectivity index (χ0n) is 15.8. The highest BCUT2D eigenvalue weighted by Crippen LogP contribution is 2.44. The number of hydrogen-bond donors (Lipinski definition) is 0. The van der Waals surface area contributed by atoms with Crippen LogP contribution in [0.1, 0.15) is 55.7 Å². The smallest absolute Gasteiger partial charge is 0.351 e. The highest BCUT2D eigenvalue weighted by molar-refractivity contribution is 5.88. The summed E-state index contributed by atoms with van der Waals surface area (Å²) in [5.41, 5.74) is -0.950. The molecule has 3 nitrogen and oxygen atoms in total. The van der Waals surface area contributed by atoms with Crippen molar-refractivity contribution in [2.24, 2.45) is 0 Å². The van der Waals surface area contributed by atoms with E-state index in [1.807, 2.05) is 29.4 Å². The molecule has 0 spiro atoms. The van der Waals surface area contributed by atoms with Crippen LogP contribution in [0.15, 0.2) is 48.8 Å². The molecule has 1 aromatic heterocycles. The van der Waals surface area contributed by atoms with E-state index in [0.717, 1.165) is 31.7 Å². The van der Waals surface area contributed by atoms with E-state index in [1.54, 1.807) is 6.07 Å². The number of piperidine rings is 1. The maximum absolute atomic E-state index is 13.5. The summed E-state index contributed by atoms with van der Waals surface area (Å²) in [6, 6.07) is 9.79. The molecule has 1 amide bonds. The summed E-state index contributed by atoms with van der Waals surface area (Å²) in [6.45, 7) is 1.31. The van der Waals surface area contributed by atoms with Gasteiger partial charge in [-0.25, -0.2) is 0 Å². The number of carbonyl (C=O) groups excluding carboxylic acids is 1. The van der Waals surface area contributed by atoms with Gasteiger partial charge in [0.2, 0.25) is 5.91 Å². The minimum atomic E-state index is -4.39. The van der Waals surface area contributed by atoms with Crippen LogP contribution in [0.2, 0.25) is 0 Å². The molecule has 1 aliphatic carbocycles. The predicted molar refractivity (Wildman–Crippen MR) is 101 cm³/mol. The second-order valence-corrected chi connectivity index (χ2v) is 8.02. The Morgan fingerprint density at radius 2 is 1.64 bits per heavy atom. The van der Waals surface area contributed by atoms with Crippen LogP contribution in [0, 0.1) is 0 Å². The van der Waals surface area contributed by atoms with Gasteiger partial charge in [-0.3, -0.25) is 4.79 Å². The Balaban J connectivity index is 1.56. The lowest BCUT2D eigenvalue weighted by molar-refractivity contribution is -0.140. The predicted octanol–water partition coefficient (Wildman–Crippen LogP) is 5.18. The first-order valence-electron chi connectivity index (χ1n) is 10.00. The van der Waals surface area contributed by atoms with Crippen LogP contribution >= 0.6 is 0 Å². The first-order chi connectivity index (χ1) is 13.4. The first kappa shape index (κ1) is 19.1. The van der Waals surface area contributed by atoms with Crippen LogP contribution in [0.4, 0.5) is 13.2 Å². The maximum Gasteiger partial charge on any atom is 0.416 e. The van der Waals surface area contributed by atoms with Crippen molar-refractivity contribution in [1.82, 2.24) is 9.47 Å². The van der Waals surface area contributed by atoms with Gasteiger partial charge in [0, 0.05) is 31.5 Å². The van der Waals surface area contributed by atoms with Gasteiger partial charge >= 0.3 is 6.18 Å². The second-order valence-electron chi connectivity index (χ2n) is 8.02. The number of carbonyl (C=O) groups is 1. The summed E-state index contributed by atoms with van der Waals surface area (Å²) in [4.78, 5) is 15.4. The molecule has 2 fully saturated rings. The number of alkyl halides is 3. The third kappa shape index (κ3) is 3.45. The van der Waals surface area contributed by atoms with Gasteiger partial charge in [-0.2, -0.15) is 13.2 Å². The van der Waals surface area contributed by atoms with E-state index >= 15 is 0 Å². The van der Waals surface area contributed by atoms with Crippen LogP contribution in [-0.4, -0.2) is 28.5 Å². The van der Waals surface area contributed by atoms with Crippen molar-refractivity contribution in [3.63, 3.8) is 0 Å². The standard InChI is InChI=1S/C22H25F3N2O/c23-22(24,25)18-7-5-6-17(16-18)21(10-1-2-11-21)20(28)27-14-8-19(9-15-27)26-12-3-4-13-26/h3-7,12-13,16,19H,1-2,8-11,14-15H2. The van der Waals surface area contributed by atoms with Gasteiger partial charge in [0.25, 0.3) is 0 Å². The lowest BCUT2D eigenvalue weighted by atomic mass is 9.76. The van der Waals surface area contributed by atoms with Crippen LogP contribution < -0.4 is 0 Å². The zero-order chi connectivity index (χ0) is 19.8. The minimum absolute atomic E-state index is 0.00952. The molecule has 0 atom stereocenters. The summed E-state index contributed by atoms with van der Waals surface area (Å²) in [5.74, 6) is 0.00952. The van der Waals surface area contributed by atoms with E-state index in [0.29, 0.717) is 37.5 Å². The largest absolute Gasteiger partial charge is 0.416 e. The van der Waals surface area contributed by atoms with Crippen molar-refractivity contribution in [2.45, 2.75) is 56.2 Å². The molecule has 28 heavy (non-hydrogen) atoms. The number of amides is 1. The van der Waals surface area contributed by atoms with Crippen molar-refractivity contribution in [2.75, 3.05) is 13.1 Å². The monoisotopic (exact) mass is 390 g/mol. The molecule has 2 aliphatic rings. The number of rotatable bonds is 3. The molecule has 2 heterocycles. The Morgan fingerprint density at radius 3 is 2.25 bits per heavy atom. The highest BCUT2D eigenvalue weighted by Gasteiger charge is 2.46. The number of likely N-dealkylation sites (tertiary alicyclic amines) is 1. The SMILES string of the molecule is O=C(N1CCC(n2cccc2)CC1)C1(c2cccc(C(F)(F)F)c2)CCCC1. The van der Waals surface area contributed by atoms with E-state index in [2.05, 4.69) is 4.57 Å². The fourth-order valence-electron chi connectivity index (χ4n) is 4.86. The highest BCUT2D eigenvalue weighted by atomic mass is 19.4. The number of hydrogen-bond acceptors (Lipinski definition) is 1. The molecule has 0 unspecified atom stereocenters. The van der Waals surface area contributed by atoms with Crippen LogP contribution in [0.3, 0.4) is 0 Å². The van der Waals surface area contributed by atoms with Crippen molar-refractivity contribution < 1.29 is 18.0 Å². The lowest BCUT2D eigenvalue weighted by Crippen LogP contribution is -2.48. The number of nitrogens with zero attached hydrogens (tertiary/aromatic N) is 2. The summed E-state index contributed by atoms with van der Waals surface area (Å²) in [5, 5.41) is 0. The van der Waals surface area contributed by atoms with E-state index in [-0.39, 0.29) is 5.91 Å². The molecule has 0 radical (unpaired) electrons. The number of benzene rings is 1. The molecule has 6 heteroatoms. The topological polar surface area (TPSA) is 25.2 Å². The van der Waals surface area contributed by atoms with Crippen LogP contribution in [-0.2, 0) is 16.4 Å². The van der Waals surface area contributed by atoms with E-state index in [1.165, 1.54) is 12.1 Å². The van der Waals surface area contributed by atoms with Gasteiger partial charge in [0.15, 0.2) is 0 Å². The summed E-state index contributed by atoms with van der Waals surface area (Å²) in [7, 11) is 0. The molecule has 1 saturated carbocycles. The molecular formula is C22H25F3N2O. The molecule has 150 valence electrons. The van der Waals surface area contributed by atoms with Gasteiger partial charge in [0.05, 0.1) is 11.0 Å². The average Bonchev–Trinajstić information content (AvgIpc) is 3.40. The van der Waals surface area contributed by atoms with Crippen molar-refractivity contribution in [3.05, 3.63) is 59.9 Å². The first-order valence-corrected chi connectivity index (χ1v) is 10.00. The summed E-state index contributed by atoms with van der Waals surface area (Å²) >= 11 is 0. The second kappa shape index (κ2) is 7.30. The number of halogens is 3. The van der Waals surface area contributed by atoms with Crippen LogP contribution in [0.5, 0.6) is 0 Å². The summed E-state index contributed by atoms with van der Waals surface area (Å²) < 4.78 is 41.8. The third-order valence-corrected chi connectivity index (χ3v) is 6.41. The molecule has 1 aromatic carbocycles. The Labute approximate surface area is 163 Å². The normalized spacial score (nSPS) is 20.5. The molecule has 2 aromatic rings. The number of aromatic nitrogens is 1. The zero-order valence-corrected chi connectivity index (χ0v) is 15.8. The van der Waals surface area contributed by atoms with Gasteiger partial charge in [-0.1, -0.05) is 31.0 Å². The quantitative estimate of drug-likeness (QED) is 0.709. The van der Waals surface area contributed by atoms with Crippen molar-refractivity contribution >= 4 is 5.91 Å². The van der Waals surface area contributed by atoms with E-state index < -0.39 is 17.2 Å². The van der Waals surface area contributed by atoms with Gasteiger partial charge in [-0.15, -0.1) is 0 Å². The van der Waals surface area contributed by atoms with E-state index in [4.69, 9.17) is 0 Å². The molecule has 1 saturated heterocycles. The Bertz CT molecular complexity index is 815. The molecule has 0 N–H and O–H groups in total. The molecule has 4 rings (SSSR count). The fourth-order valence-corrected chi connectivity index (χ4v) is 4.86. The van der Waals surface area contributed by atoms with Gasteiger partial charge in [0.1, 0.15) is 0 Å². The average molecular weight is 390 g/mol. The molecular weight excluding hydrogens is 365 g/mol.